The maximum atomic E-state index is 12.7. The molecule has 2 atom stereocenters. The Morgan fingerprint density at radius 3 is 2.84 bits per heavy atom. The SMILES string of the molecule is CC1CCN(C(=O)c2cn(Cc3ccccn3)nn2)C(CN)C1.Cl.Cl. The second-order valence-electron chi connectivity index (χ2n) is 6.14. The number of nitrogens with two attached hydrogens (primary N) is 1. The lowest BCUT2D eigenvalue weighted by molar-refractivity contribution is 0.0567. The molecule has 0 bridgehead atoms. The van der Waals surface area contributed by atoms with Crippen LogP contribution in [0, 0.1) is 5.92 Å². The van der Waals surface area contributed by atoms with Crippen molar-refractivity contribution in [1.29, 1.82) is 0 Å². The van der Waals surface area contributed by atoms with Crippen LogP contribution in [0.5, 0.6) is 0 Å². The zero-order chi connectivity index (χ0) is 16.2. The first-order valence-electron chi connectivity index (χ1n) is 7.98. The number of carbonyl (C=O) groups is 1. The largest absolute Gasteiger partial charge is 0.333 e. The summed E-state index contributed by atoms with van der Waals surface area (Å²) < 4.78 is 1.64. The van der Waals surface area contributed by atoms with Crippen LogP contribution in [0.25, 0.3) is 0 Å². The predicted molar refractivity (Wildman–Crippen MR) is 100 cm³/mol. The van der Waals surface area contributed by atoms with E-state index in [1.165, 1.54) is 0 Å². The number of carbonyl (C=O) groups excluding carboxylic acids is 1. The van der Waals surface area contributed by atoms with Gasteiger partial charge in [0.25, 0.3) is 5.91 Å². The minimum atomic E-state index is -0.0837. The molecule has 9 heteroatoms. The summed E-state index contributed by atoms with van der Waals surface area (Å²) in [6.45, 7) is 3.92. The molecule has 1 fully saturated rings. The van der Waals surface area contributed by atoms with Crippen molar-refractivity contribution in [3.05, 3.63) is 42.0 Å². The molecule has 3 heterocycles. The molecule has 0 radical (unpaired) electrons. The lowest BCUT2D eigenvalue weighted by Gasteiger charge is -2.37. The van der Waals surface area contributed by atoms with Crippen molar-refractivity contribution in [3.8, 4) is 0 Å². The molecule has 3 rings (SSSR count). The van der Waals surface area contributed by atoms with E-state index in [2.05, 4.69) is 22.2 Å². The summed E-state index contributed by atoms with van der Waals surface area (Å²) in [5, 5.41) is 8.07. The Bertz CT molecular complexity index is 666. The van der Waals surface area contributed by atoms with Gasteiger partial charge in [0.05, 0.1) is 18.4 Å². The number of hydrogen-bond acceptors (Lipinski definition) is 5. The number of halogens is 2. The van der Waals surface area contributed by atoms with Crippen LogP contribution in [0.3, 0.4) is 0 Å². The summed E-state index contributed by atoms with van der Waals surface area (Å²) in [5.41, 5.74) is 7.08. The number of amides is 1. The summed E-state index contributed by atoms with van der Waals surface area (Å²) in [5.74, 6) is 0.520. The molecule has 7 nitrogen and oxygen atoms in total. The molecule has 0 saturated carbocycles. The van der Waals surface area contributed by atoms with Gasteiger partial charge in [-0.25, -0.2) is 4.68 Å². The maximum Gasteiger partial charge on any atom is 0.276 e. The molecule has 2 N–H and O–H groups in total. The van der Waals surface area contributed by atoms with Crippen molar-refractivity contribution in [2.45, 2.75) is 32.4 Å². The van der Waals surface area contributed by atoms with E-state index in [1.54, 1.807) is 17.1 Å². The Morgan fingerprint density at radius 2 is 2.16 bits per heavy atom. The third-order valence-corrected chi connectivity index (χ3v) is 4.32. The Morgan fingerprint density at radius 1 is 1.36 bits per heavy atom. The van der Waals surface area contributed by atoms with Crippen molar-refractivity contribution in [2.24, 2.45) is 11.7 Å². The molecule has 1 amide bonds. The lowest BCUT2D eigenvalue weighted by Crippen LogP contribution is -2.49. The first-order chi connectivity index (χ1) is 11.2. The first kappa shape index (κ1) is 21.3. The highest BCUT2D eigenvalue weighted by Gasteiger charge is 2.30. The molecule has 0 aliphatic carbocycles. The van der Waals surface area contributed by atoms with Crippen LogP contribution in [0.2, 0.25) is 0 Å². The standard InChI is InChI=1S/C16H22N6O.2ClH/c1-12-5-7-22(14(8-12)9-17)16(23)15-11-21(20-19-15)10-13-4-2-3-6-18-13;;/h2-4,6,11-12,14H,5,7-10,17H2,1H3;2*1H. The average Bonchev–Trinajstić information content (AvgIpc) is 3.03. The monoisotopic (exact) mass is 386 g/mol. The zero-order valence-electron chi connectivity index (χ0n) is 14.1. The van der Waals surface area contributed by atoms with Gasteiger partial charge in [0.15, 0.2) is 5.69 Å². The van der Waals surface area contributed by atoms with Gasteiger partial charge >= 0.3 is 0 Å². The highest BCUT2D eigenvalue weighted by atomic mass is 35.5. The lowest BCUT2D eigenvalue weighted by atomic mass is 9.92. The molecule has 2 aromatic heterocycles. The quantitative estimate of drug-likeness (QED) is 0.864. The number of pyridine rings is 1. The van der Waals surface area contributed by atoms with Gasteiger partial charge in [0.2, 0.25) is 0 Å². The number of likely N-dealkylation sites (tertiary alicyclic amines) is 1. The molecule has 1 aliphatic heterocycles. The van der Waals surface area contributed by atoms with Crippen LogP contribution in [0.1, 0.15) is 35.9 Å². The summed E-state index contributed by atoms with van der Waals surface area (Å²) >= 11 is 0. The van der Waals surface area contributed by atoms with Crippen molar-refractivity contribution >= 4 is 30.7 Å². The normalized spacial score (nSPS) is 19.7. The highest BCUT2D eigenvalue weighted by molar-refractivity contribution is 5.92. The Labute approximate surface area is 159 Å². The van der Waals surface area contributed by atoms with Gasteiger partial charge < -0.3 is 10.6 Å². The smallest absolute Gasteiger partial charge is 0.276 e. The Kier molecular flexibility index (Phi) is 8.28. The van der Waals surface area contributed by atoms with E-state index in [-0.39, 0.29) is 36.8 Å². The van der Waals surface area contributed by atoms with E-state index in [0.717, 1.165) is 25.1 Å². The summed E-state index contributed by atoms with van der Waals surface area (Å²) in [6, 6.07) is 5.79. The van der Waals surface area contributed by atoms with Gasteiger partial charge in [-0.3, -0.25) is 9.78 Å². The number of nitrogens with zero attached hydrogens (tertiary/aromatic N) is 5. The van der Waals surface area contributed by atoms with E-state index in [1.807, 2.05) is 23.1 Å². The first-order valence-corrected chi connectivity index (χ1v) is 7.98. The van der Waals surface area contributed by atoms with Crippen LogP contribution >= 0.6 is 24.8 Å². The fourth-order valence-corrected chi connectivity index (χ4v) is 3.02. The van der Waals surface area contributed by atoms with Crippen LogP contribution in [-0.2, 0) is 6.54 Å². The zero-order valence-corrected chi connectivity index (χ0v) is 15.7. The molecular weight excluding hydrogens is 363 g/mol. The molecule has 0 spiro atoms. The predicted octanol–water partition coefficient (Wildman–Crippen LogP) is 1.76. The van der Waals surface area contributed by atoms with Crippen LogP contribution in [0.4, 0.5) is 0 Å². The molecular formula is C16H24Cl2N6O. The Hall–Kier alpha value is -1.70. The second kappa shape index (κ2) is 9.70. The van der Waals surface area contributed by atoms with Crippen molar-refractivity contribution < 1.29 is 4.79 Å². The average molecular weight is 387 g/mol. The van der Waals surface area contributed by atoms with Gasteiger partial charge in [-0.2, -0.15) is 0 Å². The molecule has 138 valence electrons. The number of hydrogen-bond donors (Lipinski definition) is 1. The second-order valence-corrected chi connectivity index (χ2v) is 6.14. The molecule has 2 unspecified atom stereocenters. The van der Waals surface area contributed by atoms with Gasteiger partial charge in [-0.1, -0.05) is 18.2 Å². The van der Waals surface area contributed by atoms with Crippen LogP contribution in [-0.4, -0.2) is 49.9 Å². The van der Waals surface area contributed by atoms with Gasteiger partial charge in [-0.05, 0) is 30.9 Å². The van der Waals surface area contributed by atoms with Crippen molar-refractivity contribution in [2.75, 3.05) is 13.1 Å². The summed E-state index contributed by atoms with van der Waals surface area (Å²) in [4.78, 5) is 18.8. The summed E-state index contributed by atoms with van der Waals surface area (Å²) in [6.07, 6.45) is 5.37. The highest BCUT2D eigenvalue weighted by Crippen LogP contribution is 2.23. The molecule has 1 saturated heterocycles. The van der Waals surface area contributed by atoms with Gasteiger partial charge in [0, 0.05) is 25.3 Å². The van der Waals surface area contributed by atoms with E-state index < -0.39 is 0 Å². The third-order valence-electron chi connectivity index (χ3n) is 4.32. The third kappa shape index (κ3) is 5.14. The topological polar surface area (TPSA) is 89.9 Å². The van der Waals surface area contributed by atoms with Crippen molar-refractivity contribution in [3.63, 3.8) is 0 Å². The van der Waals surface area contributed by atoms with E-state index in [0.29, 0.717) is 24.7 Å². The summed E-state index contributed by atoms with van der Waals surface area (Å²) in [7, 11) is 0. The molecule has 25 heavy (non-hydrogen) atoms. The number of rotatable bonds is 4. The minimum Gasteiger partial charge on any atom is -0.333 e. The van der Waals surface area contributed by atoms with E-state index >= 15 is 0 Å². The molecule has 1 aliphatic rings. The molecule has 2 aromatic rings. The van der Waals surface area contributed by atoms with Crippen LogP contribution < -0.4 is 5.73 Å². The van der Waals surface area contributed by atoms with Gasteiger partial charge in [-0.15, -0.1) is 29.9 Å². The van der Waals surface area contributed by atoms with E-state index in [9.17, 15) is 4.79 Å². The minimum absolute atomic E-state index is 0. The fraction of sp³-hybridized carbons (Fsp3) is 0.500. The van der Waals surface area contributed by atoms with E-state index in [4.69, 9.17) is 5.73 Å². The molecule has 0 aromatic carbocycles. The number of aromatic nitrogens is 4. The van der Waals surface area contributed by atoms with Crippen LogP contribution in [0.15, 0.2) is 30.6 Å². The van der Waals surface area contributed by atoms with Crippen molar-refractivity contribution in [1.82, 2.24) is 24.9 Å². The van der Waals surface area contributed by atoms with Gasteiger partial charge in [0.1, 0.15) is 0 Å². The number of piperidine rings is 1. The Balaban J connectivity index is 0.00000156. The maximum absolute atomic E-state index is 12.7. The fourth-order valence-electron chi connectivity index (χ4n) is 3.02.